The Morgan fingerprint density at radius 3 is 2.95 bits per heavy atom. The van der Waals surface area contributed by atoms with Gasteiger partial charge in [-0.25, -0.2) is 4.79 Å². The highest BCUT2D eigenvalue weighted by Crippen LogP contribution is 2.50. The standard InChI is InChI=1S/C18H16N2O2/c21-18(22)15-8-2-7-14-12-5-1-6-13(12)16(20-17(14)15)11-4-3-9-19-10-11/h1-5,7-10,12-13,16,20H,6H2,(H,21,22). The minimum atomic E-state index is -0.894. The molecule has 0 bridgehead atoms. The van der Waals surface area contributed by atoms with Crippen LogP contribution in [0, 0.1) is 5.92 Å². The number of nitrogens with zero attached hydrogens (tertiary/aromatic N) is 1. The topological polar surface area (TPSA) is 62.2 Å². The van der Waals surface area contributed by atoms with E-state index in [4.69, 9.17) is 0 Å². The van der Waals surface area contributed by atoms with E-state index in [0.29, 0.717) is 11.5 Å². The number of carboxylic acids is 1. The molecule has 4 heteroatoms. The predicted octanol–water partition coefficient (Wildman–Crippen LogP) is 3.61. The summed E-state index contributed by atoms with van der Waals surface area (Å²) < 4.78 is 0. The van der Waals surface area contributed by atoms with Crippen LogP contribution in [0.2, 0.25) is 0 Å². The first kappa shape index (κ1) is 13.1. The number of rotatable bonds is 2. The second-order valence-electron chi connectivity index (χ2n) is 5.84. The molecule has 2 N–H and O–H groups in total. The van der Waals surface area contributed by atoms with Crippen molar-refractivity contribution < 1.29 is 9.90 Å². The van der Waals surface area contributed by atoms with Crippen LogP contribution in [0.5, 0.6) is 0 Å². The van der Waals surface area contributed by atoms with E-state index in [2.05, 4.69) is 28.5 Å². The lowest BCUT2D eigenvalue weighted by Crippen LogP contribution is -2.30. The number of anilines is 1. The number of benzene rings is 1. The average Bonchev–Trinajstić information content (AvgIpc) is 3.04. The Bertz CT molecular complexity index is 755. The molecule has 2 aromatic rings. The Balaban J connectivity index is 1.85. The van der Waals surface area contributed by atoms with Gasteiger partial charge in [-0.2, -0.15) is 0 Å². The maximum absolute atomic E-state index is 11.5. The van der Waals surface area contributed by atoms with E-state index >= 15 is 0 Å². The molecule has 0 saturated heterocycles. The van der Waals surface area contributed by atoms with E-state index in [1.54, 1.807) is 12.3 Å². The first-order chi connectivity index (χ1) is 10.8. The molecule has 1 aliphatic carbocycles. The van der Waals surface area contributed by atoms with E-state index in [1.807, 2.05) is 24.4 Å². The smallest absolute Gasteiger partial charge is 0.337 e. The van der Waals surface area contributed by atoms with Crippen molar-refractivity contribution in [2.24, 2.45) is 5.92 Å². The SMILES string of the molecule is O=C(O)c1cccc2c1NC(c1cccnc1)C1CC=CC21. The fraction of sp³-hybridized carbons (Fsp3) is 0.222. The summed E-state index contributed by atoms with van der Waals surface area (Å²) in [6.45, 7) is 0. The first-order valence-electron chi connectivity index (χ1n) is 7.45. The van der Waals surface area contributed by atoms with E-state index in [-0.39, 0.29) is 12.0 Å². The second-order valence-corrected chi connectivity index (χ2v) is 5.84. The molecule has 4 nitrogen and oxygen atoms in total. The average molecular weight is 292 g/mol. The summed E-state index contributed by atoms with van der Waals surface area (Å²) in [6.07, 6.45) is 9.02. The van der Waals surface area contributed by atoms with Gasteiger partial charge in [0.25, 0.3) is 0 Å². The van der Waals surface area contributed by atoms with Gasteiger partial charge in [-0.1, -0.05) is 30.4 Å². The first-order valence-corrected chi connectivity index (χ1v) is 7.45. The summed E-state index contributed by atoms with van der Waals surface area (Å²) in [7, 11) is 0. The summed E-state index contributed by atoms with van der Waals surface area (Å²) in [5.74, 6) is -0.226. The number of aromatic carboxylic acids is 1. The number of aromatic nitrogens is 1. The largest absolute Gasteiger partial charge is 0.478 e. The van der Waals surface area contributed by atoms with Gasteiger partial charge in [0.1, 0.15) is 0 Å². The Labute approximate surface area is 128 Å². The number of pyridine rings is 1. The van der Waals surface area contributed by atoms with Crippen LogP contribution >= 0.6 is 0 Å². The van der Waals surface area contributed by atoms with Crippen molar-refractivity contribution in [2.45, 2.75) is 18.4 Å². The normalized spacial score (nSPS) is 25.2. The van der Waals surface area contributed by atoms with Gasteiger partial charge in [0.05, 0.1) is 17.3 Å². The molecule has 0 amide bonds. The zero-order valence-corrected chi connectivity index (χ0v) is 11.9. The monoisotopic (exact) mass is 292 g/mol. The van der Waals surface area contributed by atoms with Crippen molar-refractivity contribution in [2.75, 3.05) is 5.32 Å². The fourth-order valence-corrected chi connectivity index (χ4v) is 3.69. The Hall–Kier alpha value is -2.62. The maximum Gasteiger partial charge on any atom is 0.337 e. The number of carbonyl (C=O) groups is 1. The number of carboxylic acid groups (broad SMARTS) is 1. The molecule has 2 heterocycles. The molecule has 4 rings (SSSR count). The second kappa shape index (κ2) is 4.98. The minimum absolute atomic E-state index is 0.0849. The number of hydrogen-bond acceptors (Lipinski definition) is 3. The lowest BCUT2D eigenvalue weighted by atomic mass is 9.76. The summed E-state index contributed by atoms with van der Waals surface area (Å²) in [5.41, 5.74) is 3.27. The van der Waals surface area contributed by atoms with Gasteiger partial charge < -0.3 is 10.4 Å². The van der Waals surface area contributed by atoms with Gasteiger partial charge in [-0.3, -0.25) is 4.98 Å². The van der Waals surface area contributed by atoms with Crippen molar-refractivity contribution in [3.05, 3.63) is 71.6 Å². The maximum atomic E-state index is 11.5. The van der Waals surface area contributed by atoms with Gasteiger partial charge in [0.2, 0.25) is 0 Å². The Morgan fingerprint density at radius 2 is 2.18 bits per heavy atom. The van der Waals surface area contributed by atoms with Gasteiger partial charge in [0.15, 0.2) is 0 Å². The molecule has 1 aliphatic heterocycles. The lowest BCUT2D eigenvalue weighted by Gasteiger charge is -2.38. The van der Waals surface area contributed by atoms with Crippen LogP contribution in [0.25, 0.3) is 0 Å². The highest BCUT2D eigenvalue weighted by Gasteiger charge is 2.39. The molecule has 0 saturated carbocycles. The van der Waals surface area contributed by atoms with Gasteiger partial charge in [0, 0.05) is 18.3 Å². The highest BCUT2D eigenvalue weighted by atomic mass is 16.4. The van der Waals surface area contributed by atoms with E-state index in [9.17, 15) is 9.90 Å². The van der Waals surface area contributed by atoms with Crippen LogP contribution in [0.1, 0.15) is 39.9 Å². The quantitative estimate of drug-likeness (QED) is 0.830. The zero-order valence-electron chi connectivity index (χ0n) is 11.9. The lowest BCUT2D eigenvalue weighted by molar-refractivity contribution is 0.0697. The molecule has 1 aromatic heterocycles. The number of fused-ring (bicyclic) bond motifs is 3. The van der Waals surface area contributed by atoms with Crippen LogP contribution in [0.3, 0.4) is 0 Å². The molecular weight excluding hydrogens is 276 g/mol. The molecule has 110 valence electrons. The Kier molecular flexibility index (Phi) is 2.96. The van der Waals surface area contributed by atoms with Gasteiger partial charge >= 0.3 is 5.97 Å². The molecular formula is C18H16N2O2. The van der Waals surface area contributed by atoms with Crippen LogP contribution < -0.4 is 5.32 Å². The van der Waals surface area contributed by atoms with Crippen molar-refractivity contribution in [1.29, 1.82) is 0 Å². The molecule has 3 atom stereocenters. The number of allylic oxidation sites excluding steroid dienone is 2. The summed E-state index contributed by atoms with van der Waals surface area (Å²) in [5, 5.41) is 12.9. The van der Waals surface area contributed by atoms with Gasteiger partial charge in [-0.15, -0.1) is 0 Å². The van der Waals surface area contributed by atoms with Crippen molar-refractivity contribution in [3.8, 4) is 0 Å². The van der Waals surface area contributed by atoms with Crippen LogP contribution in [-0.2, 0) is 0 Å². The van der Waals surface area contributed by atoms with Crippen LogP contribution in [-0.4, -0.2) is 16.1 Å². The predicted molar refractivity (Wildman–Crippen MR) is 84.0 cm³/mol. The molecule has 0 fully saturated rings. The van der Waals surface area contributed by atoms with E-state index in [1.165, 1.54) is 0 Å². The van der Waals surface area contributed by atoms with Crippen molar-refractivity contribution >= 4 is 11.7 Å². The molecule has 0 spiro atoms. The summed E-state index contributed by atoms with van der Waals surface area (Å²) in [4.78, 5) is 15.7. The van der Waals surface area contributed by atoms with E-state index < -0.39 is 5.97 Å². The van der Waals surface area contributed by atoms with Gasteiger partial charge in [-0.05, 0) is 35.6 Å². The molecule has 3 unspecified atom stereocenters. The molecule has 22 heavy (non-hydrogen) atoms. The third-order valence-corrected chi connectivity index (χ3v) is 4.67. The summed E-state index contributed by atoms with van der Waals surface area (Å²) in [6, 6.07) is 9.58. The third kappa shape index (κ3) is 1.91. The van der Waals surface area contributed by atoms with Crippen molar-refractivity contribution in [3.63, 3.8) is 0 Å². The third-order valence-electron chi connectivity index (χ3n) is 4.67. The molecule has 2 aliphatic rings. The van der Waals surface area contributed by atoms with Crippen molar-refractivity contribution in [1.82, 2.24) is 4.98 Å². The zero-order chi connectivity index (χ0) is 15.1. The van der Waals surface area contributed by atoms with Crippen LogP contribution in [0.4, 0.5) is 5.69 Å². The van der Waals surface area contributed by atoms with Crippen LogP contribution in [0.15, 0.2) is 54.9 Å². The summed E-state index contributed by atoms with van der Waals surface area (Å²) >= 11 is 0. The number of hydrogen-bond donors (Lipinski definition) is 2. The number of nitrogens with one attached hydrogen (secondary N) is 1. The van der Waals surface area contributed by atoms with E-state index in [0.717, 1.165) is 23.2 Å². The molecule has 1 aromatic carbocycles. The highest BCUT2D eigenvalue weighted by molar-refractivity contribution is 5.95. The Morgan fingerprint density at radius 1 is 1.27 bits per heavy atom. The number of para-hydroxylation sites is 1. The fourth-order valence-electron chi connectivity index (χ4n) is 3.69. The minimum Gasteiger partial charge on any atom is -0.478 e. The molecule has 0 radical (unpaired) electrons.